The Morgan fingerprint density at radius 2 is 2.00 bits per heavy atom. The lowest BCUT2D eigenvalue weighted by Gasteiger charge is -2.31. The summed E-state index contributed by atoms with van der Waals surface area (Å²) in [7, 11) is 5.50. The minimum Gasteiger partial charge on any atom is -0.468 e. The summed E-state index contributed by atoms with van der Waals surface area (Å²) < 4.78 is 4.90. The Hall–Kier alpha value is -0.610. The Morgan fingerprint density at radius 1 is 1.38 bits per heavy atom. The number of nitrogens with zero attached hydrogens (tertiary/aromatic N) is 1. The zero-order valence-corrected chi connectivity index (χ0v) is 11.3. The molecule has 0 aromatic heterocycles. The summed E-state index contributed by atoms with van der Waals surface area (Å²) >= 11 is 0. The highest BCUT2D eigenvalue weighted by Gasteiger charge is 2.36. The number of rotatable bonds is 8. The topological polar surface area (TPSA) is 41.6 Å². The van der Waals surface area contributed by atoms with Crippen LogP contribution < -0.4 is 5.32 Å². The van der Waals surface area contributed by atoms with Gasteiger partial charge >= 0.3 is 5.97 Å². The van der Waals surface area contributed by atoms with Crippen LogP contribution in [0, 0.1) is 0 Å². The van der Waals surface area contributed by atoms with Crippen LogP contribution in [0.15, 0.2) is 0 Å². The number of hydrogen-bond acceptors (Lipinski definition) is 4. The van der Waals surface area contributed by atoms with Crippen molar-refractivity contribution in [2.75, 3.05) is 34.3 Å². The molecule has 0 heterocycles. The third-order valence-corrected chi connectivity index (χ3v) is 2.88. The average Bonchev–Trinajstić information content (AvgIpc) is 2.26. The van der Waals surface area contributed by atoms with Crippen molar-refractivity contribution in [1.82, 2.24) is 10.2 Å². The maximum Gasteiger partial charge on any atom is 0.326 e. The molecule has 0 amide bonds. The summed E-state index contributed by atoms with van der Waals surface area (Å²) in [5, 5.41) is 3.35. The molecule has 0 bridgehead atoms. The molecule has 16 heavy (non-hydrogen) atoms. The fourth-order valence-electron chi connectivity index (χ4n) is 1.85. The molecule has 1 atom stereocenters. The maximum atomic E-state index is 11.8. The second-order valence-electron chi connectivity index (χ2n) is 4.41. The van der Waals surface area contributed by atoms with Crippen LogP contribution in [0.5, 0.6) is 0 Å². The summed E-state index contributed by atoms with van der Waals surface area (Å²) in [5.41, 5.74) is -0.500. The molecule has 0 rings (SSSR count). The largest absolute Gasteiger partial charge is 0.468 e. The van der Waals surface area contributed by atoms with Crippen molar-refractivity contribution in [2.45, 2.75) is 38.6 Å². The van der Waals surface area contributed by atoms with Gasteiger partial charge in [0.1, 0.15) is 5.54 Å². The third-order valence-electron chi connectivity index (χ3n) is 2.88. The summed E-state index contributed by atoms with van der Waals surface area (Å²) in [4.78, 5) is 13.9. The maximum absolute atomic E-state index is 11.8. The minimum atomic E-state index is -0.500. The van der Waals surface area contributed by atoms with Crippen LogP contribution in [0.1, 0.15) is 33.1 Å². The number of nitrogens with one attached hydrogen (secondary N) is 1. The first-order valence-electron chi connectivity index (χ1n) is 6.00. The number of esters is 1. The van der Waals surface area contributed by atoms with E-state index < -0.39 is 5.54 Å². The van der Waals surface area contributed by atoms with Gasteiger partial charge in [-0.2, -0.15) is 0 Å². The van der Waals surface area contributed by atoms with E-state index in [-0.39, 0.29) is 5.97 Å². The molecular weight excluding hydrogens is 204 g/mol. The molecule has 1 N–H and O–H groups in total. The summed E-state index contributed by atoms with van der Waals surface area (Å²) in [5.74, 6) is -0.143. The molecule has 4 heteroatoms. The Labute approximate surface area is 99.3 Å². The minimum absolute atomic E-state index is 0.143. The molecule has 4 nitrogen and oxygen atoms in total. The highest BCUT2D eigenvalue weighted by Crippen LogP contribution is 2.19. The predicted molar refractivity (Wildman–Crippen MR) is 66.5 cm³/mol. The number of carbonyl (C=O) groups excluding carboxylic acids is 1. The predicted octanol–water partition coefficient (Wildman–Crippen LogP) is 1.26. The van der Waals surface area contributed by atoms with E-state index in [9.17, 15) is 4.79 Å². The summed E-state index contributed by atoms with van der Waals surface area (Å²) in [6.45, 7) is 5.83. The van der Waals surface area contributed by atoms with Gasteiger partial charge in [-0.3, -0.25) is 4.79 Å². The molecule has 1 unspecified atom stereocenters. The van der Waals surface area contributed by atoms with Gasteiger partial charge in [-0.25, -0.2) is 0 Å². The van der Waals surface area contributed by atoms with Crippen LogP contribution >= 0.6 is 0 Å². The van der Waals surface area contributed by atoms with E-state index in [0.717, 1.165) is 32.4 Å². The van der Waals surface area contributed by atoms with E-state index in [1.54, 1.807) is 0 Å². The Kier molecular flexibility index (Phi) is 7.34. The first-order chi connectivity index (χ1) is 7.52. The molecule has 0 aliphatic carbocycles. The van der Waals surface area contributed by atoms with Crippen LogP contribution in [-0.4, -0.2) is 50.7 Å². The highest BCUT2D eigenvalue weighted by molar-refractivity contribution is 5.80. The molecule has 0 aromatic carbocycles. The van der Waals surface area contributed by atoms with Crippen molar-refractivity contribution in [1.29, 1.82) is 0 Å². The van der Waals surface area contributed by atoms with Crippen molar-refractivity contribution in [3.63, 3.8) is 0 Å². The Balaban J connectivity index is 4.44. The molecule has 0 spiro atoms. The van der Waals surface area contributed by atoms with Crippen LogP contribution in [0.4, 0.5) is 0 Å². The molecule has 0 fully saturated rings. The summed E-state index contributed by atoms with van der Waals surface area (Å²) in [6, 6.07) is 0. The smallest absolute Gasteiger partial charge is 0.326 e. The monoisotopic (exact) mass is 230 g/mol. The molecule has 0 saturated carbocycles. The fraction of sp³-hybridized carbons (Fsp3) is 0.917. The van der Waals surface area contributed by atoms with Crippen molar-refractivity contribution in [2.24, 2.45) is 0 Å². The van der Waals surface area contributed by atoms with E-state index in [1.807, 2.05) is 21.0 Å². The van der Waals surface area contributed by atoms with Gasteiger partial charge in [-0.05, 0) is 26.9 Å². The van der Waals surface area contributed by atoms with Crippen molar-refractivity contribution in [3.8, 4) is 0 Å². The lowest BCUT2D eigenvalue weighted by atomic mass is 9.90. The van der Waals surface area contributed by atoms with Crippen LogP contribution in [-0.2, 0) is 9.53 Å². The van der Waals surface area contributed by atoms with E-state index in [1.165, 1.54) is 7.11 Å². The van der Waals surface area contributed by atoms with Gasteiger partial charge in [0, 0.05) is 13.1 Å². The molecule has 0 aromatic rings. The number of ether oxygens (including phenoxy) is 1. The number of carbonyl (C=O) groups is 1. The summed E-state index contributed by atoms with van der Waals surface area (Å²) in [6.07, 6.45) is 2.56. The number of likely N-dealkylation sites (N-methyl/N-ethyl adjacent to an activating group) is 1. The van der Waals surface area contributed by atoms with E-state index in [0.29, 0.717) is 0 Å². The molecule has 96 valence electrons. The number of methoxy groups -OCH3 is 1. The van der Waals surface area contributed by atoms with E-state index in [2.05, 4.69) is 17.1 Å². The first kappa shape index (κ1) is 15.4. The first-order valence-corrected chi connectivity index (χ1v) is 6.00. The van der Waals surface area contributed by atoms with Crippen LogP contribution in [0.2, 0.25) is 0 Å². The Morgan fingerprint density at radius 3 is 2.38 bits per heavy atom. The quantitative estimate of drug-likeness (QED) is 0.637. The van der Waals surface area contributed by atoms with E-state index in [4.69, 9.17) is 4.74 Å². The second kappa shape index (κ2) is 7.63. The highest BCUT2D eigenvalue weighted by atomic mass is 16.5. The average molecular weight is 230 g/mol. The SMILES string of the molecule is CCCC(CC)(NCCN(C)C)C(=O)OC. The van der Waals surface area contributed by atoms with Gasteiger partial charge in [-0.1, -0.05) is 20.3 Å². The van der Waals surface area contributed by atoms with Crippen molar-refractivity contribution < 1.29 is 9.53 Å². The molecule has 0 radical (unpaired) electrons. The van der Waals surface area contributed by atoms with Crippen LogP contribution in [0.25, 0.3) is 0 Å². The lowest BCUT2D eigenvalue weighted by molar-refractivity contribution is -0.149. The standard InChI is InChI=1S/C12H26N2O2/c1-6-8-12(7-2,11(15)16-5)13-9-10-14(3)4/h13H,6-10H2,1-5H3. The van der Waals surface area contributed by atoms with Crippen molar-refractivity contribution in [3.05, 3.63) is 0 Å². The van der Waals surface area contributed by atoms with Gasteiger partial charge < -0.3 is 15.0 Å². The molecule has 0 aliphatic rings. The molecule has 0 aliphatic heterocycles. The normalized spacial score (nSPS) is 14.9. The van der Waals surface area contributed by atoms with Gasteiger partial charge in [0.05, 0.1) is 7.11 Å². The van der Waals surface area contributed by atoms with Gasteiger partial charge in [-0.15, -0.1) is 0 Å². The van der Waals surface area contributed by atoms with Gasteiger partial charge in [0.25, 0.3) is 0 Å². The second-order valence-corrected chi connectivity index (χ2v) is 4.41. The van der Waals surface area contributed by atoms with Crippen LogP contribution in [0.3, 0.4) is 0 Å². The molecular formula is C12H26N2O2. The zero-order chi connectivity index (χ0) is 12.6. The van der Waals surface area contributed by atoms with Gasteiger partial charge in [0.15, 0.2) is 0 Å². The Bertz CT molecular complexity index is 207. The third kappa shape index (κ3) is 4.49. The van der Waals surface area contributed by atoms with E-state index >= 15 is 0 Å². The zero-order valence-electron chi connectivity index (χ0n) is 11.3. The molecule has 0 saturated heterocycles. The van der Waals surface area contributed by atoms with Gasteiger partial charge in [0.2, 0.25) is 0 Å². The van der Waals surface area contributed by atoms with Crippen molar-refractivity contribution >= 4 is 5.97 Å². The fourth-order valence-corrected chi connectivity index (χ4v) is 1.85. The lowest BCUT2D eigenvalue weighted by Crippen LogP contribution is -2.53. The number of hydrogen-bond donors (Lipinski definition) is 1.